The van der Waals surface area contributed by atoms with Crippen molar-refractivity contribution < 1.29 is 24.2 Å². The van der Waals surface area contributed by atoms with Gasteiger partial charge in [-0.3, -0.25) is 14.4 Å². The van der Waals surface area contributed by atoms with Crippen LogP contribution in [-0.4, -0.2) is 29.4 Å². The zero-order valence-corrected chi connectivity index (χ0v) is 10.8. The molecule has 5 heteroatoms. The van der Waals surface area contributed by atoms with Crippen molar-refractivity contribution in [1.29, 1.82) is 0 Å². The fourth-order valence-corrected chi connectivity index (χ4v) is 0.958. The summed E-state index contributed by atoms with van der Waals surface area (Å²) in [7, 11) is 0. The molecule has 0 rings (SSSR count). The van der Waals surface area contributed by atoms with E-state index in [4.69, 9.17) is 9.84 Å². The summed E-state index contributed by atoms with van der Waals surface area (Å²) in [5.74, 6) is -1.54. The van der Waals surface area contributed by atoms with E-state index in [1.807, 2.05) is 0 Å². The summed E-state index contributed by atoms with van der Waals surface area (Å²) in [5.41, 5.74) is 0. The standard InChI is InChI=1S/C8H16O2.C4H6O3/c1-3-4-5-6-7-10-8(2)9;1-3(5)2-4(6)7/h3-7H2,1-2H3;2H2,1H3,(H,6,7). The van der Waals surface area contributed by atoms with Gasteiger partial charge in [-0.1, -0.05) is 26.2 Å². The van der Waals surface area contributed by atoms with E-state index < -0.39 is 5.97 Å². The van der Waals surface area contributed by atoms with Crippen molar-refractivity contribution in [1.82, 2.24) is 0 Å². The van der Waals surface area contributed by atoms with Crippen LogP contribution in [0.1, 0.15) is 52.9 Å². The summed E-state index contributed by atoms with van der Waals surface area (Å²) in [4.78, 5) is 29.7. The minimum Gasteiger partial charge on any atom is -0.481 e. The van der Waals surface area contributed by atoms with Crippen LogP contribution in [0, 0.1) is 0 Å². The number of hydrogen-bond donors (Lipinski definition) is 1. The minimum atomic E-state index is -1.06. The van der Waals surface area contributed by atoms with Gasteiger partial charge in [-0.25, -0.2) is 0 Å². The summed E-state index contributed by atoms with van der Waals surface area (Å²) >= 11 is 0. The molecule has 0 saturated heterocycles. The first-order valence-electron chi connectivity index (χ1n) is 5.74. The monoisotopic (exact) mass is 246 g/mol. The highest BCUT2D eigenvalue weighted by atomic mass is 16.5. The first kappa shape index (κ1) is 18.0. The second-order valence-electron chi connectivity index (χ2n) is 3.67. The quantitative estimate of drug-likeness (QED) is 0.423. The molecule has 0 unspecified atom stereocenters. The Morgan fingerprint density at radius 2 is 1.65 bits per heavy atom. The topological polar surface area (TPSA) is 80.7 Å². The summed E-state index contributed by atoms with van der Waals surface area (Å²) in [6.45, 7) is 5.44. The zero-order valence-electron chi connectivity index (χ0n) is 10.8. The van der Waals surface area contributed by atoms with Crippen molar-refractivity contribution >= 4 is 17.7 Å². The number of carbonyl (C=O) groups excluding carboxylic acids is 2. The van der Waals surface area contributed by atoms with Crippen LogP contribution in [0.15, 0.2) is 0 Å². The van der Waals surface area contributed by atoms with Crippen LogP contribution in [0.3, 0.4) is 0 Å². The average Bonchev–Trinajstić information content (AvgIpc) is 2.15. The summed E-state index contributed by atoms with van der Waals surface area (Å²) < 4.78 is 4.75. The van der Waals surface area contributed by atoms with Crippen molar-refractivity contribution in [3.8, 4) is 0 Å². The number of aliphatic carboxylic acids is 1. The highest BCUT2D eigenvalue weighted by Crippen LogP contribution is 1.98. The van der Waals surface area contributed by atoms with Crippen LogP contribution in [-0.2, 0) is 19.1 Å². The Kier molecular flexibility index (Phi) is 13.4. The predicted octanol–water partition coefficient (Wildman–Crippen LogP) is 2.18. The number of carboxylic acid groups (broad SMARTS) is 1. The number of ether oxygens (including phenoxy) is 1. The van der Waals surface area contributed by atoms with Crippen molar-refractivity contribution in [2.75, 3.05) is 6.61 Å². The molecular weight excluding hydrogens is 224 g/mol. The van der Waals surface area contributed by atoms with Gasteiger partial charge >= 0.3 is 11.9 Å². The first-order valence-corrected chi connectivity index (χ1v) is 5.74. The molecule has 0 saturated carbocycles. The second-order valence-corrected chi connectivity index (χ2v) is 3.67. The first-order chi connectivity index (χ1) is 7.90. The number of carbonyl (C=O) groups is 3. The van der Waals surface area contributed by atoms with Crippen LogP contribution in [0.5, 0.6) is 0 Å². The van der Waals surface area contributed by atoms with E-state index in [0.717, 1.165) is 6.42 Å². The Labute approximate surface area is 102 Å². The molecule has 0 fully saturated rings. The van der Waals surface area contributed by atoms with Gasteiger partial charge in [0.15, 0.2) is 0 Å². The number of esters is 1. The van der Waals surface area contributed by atoms with Gasteiger partial charge in [0.1, 0.15) is 12.2 Å². The highest BCUT2D eigenvalue weighted by Gasteiger charge is 1.98. The van der Waals surface area contributed by atoms with E-state index in [0.29, 0.717) is 6.61 Å². The molecular formula is C12H22O5. The molecule has 0 aromatic carbocycles. The Morgan fingerprint density at radius 1 is 1.06 bits per heavy atom. The largest absolute Gasteiger partial charge is 0.481 e. The van der Waals surface area contributed by atoms with Gasteiger partial charge in [-0.15, -0.1) is 0 Å². The molecule has 17 heavy (non-hydrogen) atoms. The molecule has 0 aromatic rings. The van der Waals surface area contributed by atoms with Crippen molar-refractivity contribution in [3.05, 3.63) is 0 Å². The van der Waals surface area contributed by atoms with Gasteiger partial charge in [-0.05, 0) is 13.3 Å². The van der Waals surface area contributed by atoms with Gasteiger partial charge in [0.25, 0.3) is 0 Å². The molecule has 0 radical (unpaired) electrons. The number of hydrogen-bond acceptors (Lipinski definition) is 4. The number of ketones is 1. The fraction of sp³-hybridized carbons (Fsp3) is 0.750. The van der Waals surface area contributed by atoms with E-state index >= 15 is 0 Å². The molecule has 0 aromatic heterocycles. The maximum atomic E-state index is 10.3. The second kappa shape index (κ2) is 12.7. The molecule has 0 heterocycles. The Morgan fingerprint density at radius 3 is 1.94 bits per heavy atom. The van der Waals surface area contributed by atoms with Crippen molar-refractivity contribution in [2.45, 2.75) is 52.9 Å². The van der Waals surface area contributed by atoms with E-state index in [-0.39, 0.29) is 18.2 Å². The number of carboxylic acids is 1. The minimum absolute atomic E-state index is 0.170. The molecule has 0 amide bonds. The lowest BCUT2D eigenvalue weighted by Crippen LogP contribution is -2.00. The number of Topliss-reactive ketones (excluding diaryl/α,β-unsaturated/α-hetero) is 1. The average molecular weight is 246 g/mol. The van der Waals surface area contributed by atoms with E-state index in [1.54, 1.807) is 0 Å². The van der Waals surface area contributed by atoms with Gasteiger partial charge in [-0.2, -0.15) is 0 Å². The van der Waals surface area contributed by atoms with Gasteiger partial charge in [0.2, 0.25) is 0 Å². The molecule has 0 spiro atoms. The molecule has 0 bridgehead atoms. The molecule has 0 atom stereocenters. The highest BCUT2D eigenvalue weighted by molar-refractivity contribution is 5.93. The summed E-state index contributed by atoms with van der Waals surface area (Å²) in [6, 6.07) is 0. The third kappa shape index (κ3) is 25.2. The molecule has 1 N–H and O–H groups in total. The molecule has 0 aliphatic rings. The summed E-state index contributed by atoms with van der Waals surface area (Å²) in [5, 5.41) is 7.86. The van der Waals surface area contributed by atoms with Gasteiger partial charge in [0, 0.05) is 6.92 Å². The lowest BCUT2D eigenvalue weighted by molar-refractivity contribution is -0.141. The van der Waals surface area contributed by atoms with Crippen LogP contribution >= 0.6 is 0 Å². The molecule has 5 nitrogen and oxygen atoms in total. The van der Waals surface area contributed by atoms with Crippen LogP contribution in [0.2, 0.25) is 0 Å². The van der Waals surface area contributed by atoms with Gasteiger partial charge in [0.05, 0.1) is 6.61 Å². The van der Waals surface area contributed by atoms with Gasteiger partial charge < -0.3 is 9.84 Å². The van der Waals surface area contributed by atoms with Crippen LogP contribution in [0.4, 0.5) is 0 Å². The third-order valence-corrected chi connectivity index (χ3v) is 1.70. The molecule has 0 aliphatic heterocycles. The number of rotatable bonds is 7. The van der Waals surface area contributed by atoms with Crippen LogP contribution in [0.25, 0.3) is 0 Å². The zero-order chi connectivity index (χ0) is 13.7. The third-order valence-electron chi connectivity index (χ3n) is 1.70. The maximum Gasteiger partial charge on any atom is 0.310 e. The van der Waals surface area contributed by atoms with E-state index in [9.17, 15) is 14.4 Å². The fourth-order valence-electron chi connectivity index (χ4n) is 0.958. The molecule has 100 valence electrons. The Bertz CT molecular complexity index is 223. The smallest absolute Gasteiger partial charge is 0.310 e. The SMILES string of the molecule is CC(=O)CC(=O)O.CCCCCCOC(C)=O. The van der Waals surface area contributed by atoms with E-state index in [1.165, 1.54) is 33.1 Å². The van der Waals surface area contributed by atoms with E-state index in [2.05, 4.69) is 6.92 Å². The lowest BCUT2D eigenvalue weighted by atomic mass is 10.2. The maximum absolute atomic E-state index is 10.3. The summed E-state index contributed by atoms with van der Waals surface area (Å²) in [6.07, 6.45) is 4.28. The number of unbranched alkanes of at least 4 members (excludes halogenated alkanes) is 3. The normalized spacial score (nSPS) is 8.88. The van der Waals surface area contributed by atoms with Crippen LogP contribution < -0.4 is 0 Å². The van der Waals surface area contributed by atoms with Crippen molar-refractivity contribution in [3.63, 3.8) is 0 Å². The molecule has 0 aliphatic carbocycles. The lowest BCUT2D eigenvalue weighted by Gasteiger charge is -1.99. The Hall–Kier alpha value is -1.39. The van der Waals surface area contributed by atoms with Crippen molar-refractivity contribution in [2.24, 2.45) is 0 Å². The predicted molar refractivity (Wildman–Crippen MR) is 63.7 cm³/mol. The Balaban J connectivity index is 0.